The van der Waals surface area contributed by atoms with Gasteiger partial charge in [-0.15, -0.1) is 0 Å². The molecule has 1 aromatic heterocycles. The minimum atomic E-state index is -0.537. The smallest absolute Gasteiger partial charge is 0.266 e. The van der Waals surface area contributed by atoms with Crippen molar-refractivity contribution in [3.05, 3.63) is 76.7 Å². The number of hydrogen-bond donors (Lipinski definition) is 0. The van der Waals surface area contributed by atoms with Crippen LogP contribution in [0.3, 0.4) is 0 Å². The Bertz CT molecular complexity index is 1180. The molecule has 1 aliphatic heterocycles. The zero-order valence-electron chi connectivity index (χ0n) is 13.8. The monoisotopic (exact) mass is 348 g/mol. The second-order valence-electron chi connectivity index (χ2n) is 5.73. The number of benzene rings is 2. The fourth-order valence-electron chi connectivity index (χ4n) is 3.06. The molecule has 1 aliphatic rings. The van der Waals surface area contributed by atoms with Crippen LogP contribution in [-0.4, -0.2) is 28.7 Å². The fourth-order valence-corrected chi connectivity index (χ4v) is 3.06. The minimum absolute atomic E-state index is 0.0189. The third kappa shape index (κ3) is 2.17. The highest BCUT2D eigenvalue weighted by atomic mass is 19.1. The van der Waals surface area contributed by atoms with Crippen molar-refractivity contribution in [1.29, 1.82) is 0 Å². The summed E-state index contributed by atoms with van der Waals surface area (Å²) < 4.78 is 14.7. The lowest BCUT2D eigenvalue weighted by molar-refractivity contribution is 0.103. The van der Waals surface area contributed by atoms with Gasteiger partial charge in [-0.3, -0.25) is 19.1 Å². The first-order valence-electron chi connectivity index (χ1n) is 7.79. The van der Waals surface area contributed by atoms with Crippen molar-refractivity contribution in [3.8, 4) is 5.69 Å². The van der Waals surface area contributed by atoms with Crippen LogP contribution in [0.15, 0.2) is 59.0 Å². The Morgan fingerprint density at radius 2 is 2.04 bits per heavy atom. The van der Waals surface area contributed by atoms with Gasteiger partial charge in [0.15, 0.2) is 5.82 Å². The van der Waals surface area contributed by atoms with Crippen molar-refractivity contribution in [2.45, 2.75) is 0 Å². The van der Waals surface area contributed by atoms with Crippen molar-refractivity contribution >= 4 is 28.7 Å². The van der Waals surface area contributed by atoms with Crippen LogP contribution in [0.25, 0.3) is 16.6 Å². The minimum Gasteiger partial charge on any atom is -0.309 e. The molecule has 0 bridgehead atoms. The Hall–Kier alpha value is -3.61. The van der Waals surface area contributed by atoms with Crippen LogP contribution in [-0.2, 0) is 0 Å². The molecule has 0 saturated heterocycles. The maximum absolute atomic E-state index is 13.5. The molecule has 2 heterocycles. The number of fused-ring (bicyclic) bond motifs is 4. The van der Waals surface area contributed by atoms with E-state index in [1.54, 1.807) is 42.7 Å². The molecule has 0 unspecified atom stereocenters. The van der Waals surface area contributed by atoms with Gasteiger partial charge in [0.1, 0.15) is 5.82 Å². The second-order valence-corrected chi connectivity index (χ2v) is 5.73. The summed E-state index contributed by atoms with van der Waals surface area (Å²) >= 11 is 0. The molecule has 0 fully saturated rings. The van der Waals surface area contributed by atoms with Gasteiger partial charge in [0.2, 0.25) is 5.78 Å². The number of hydrogen-bond acceptors (Lipinski definition) is 4. The quantitative estimate of drug-likeness (QED) is 0.422. The average molecular weight is 348 g/mol. The lowest BCUT2D eigenvalue weighted by Crippen LogP contribution is -2.22. The van der Waals surface area contributed by atoms with E-state index < -0.39 is 11.6 Å². The molecular formula is C19H13FN4O2. The molecule has 0 saturated carbocycles. The van der Waals surface area contributed by atoms with Gasteiger partial charge in [0.25, 0.3) is 5.56 Å². The summed E-state index contributed by atoms with van der Waals surface area (Å²) in [6.07, 6.45) is 3.14. The van der Waals surface area contributed by atoms with Crippen molar-refractivity contribution in [2.24, 2.45) is 4.99 Å². The number of carbonyl (C=O) groups is 1. The largest absolute Gasteiger partial charge is 0.309 e. The highest BCUT2D eigenvalue weighted by Gasteiger charge is 2.30. The van der Waals surface area contributed by atoms with Gasteiger partial charge < -0.3 is 4.90 Å². The summed E-state index contributed by atoms with van der Waals surface area (Å²) in [4.78, 5) is 35.5. The highest BCUT2D eigenvalue weighted by Crippen LogP contribution is 2.28. The van der Waals surface area contributed by atoms with E-state index in [0.29, 0.717) is 22.3 Å². The lowest BCUT2D eigenvalue weighted by Gasteiger charge is -2.14. The van der Waals surface area contributed by atoms with Crippen LogP contribution in [0, 0.1) is 5.82 Å². The number of ketones is 1. The fraction of sp³-hybridized carbons (Fsp3) is 0.0526. The Morgan fingerprint density at radius 1 is 1.23 bits per heavy atom. The summed E-state index contributed by atoms with van der Waals surface area (Å²) in [6.45, 7) is 3.72. The van der Waals surface area contributed by atoms with E-state index in [0.717, 1.165) is 6.07 Å². The maximum atomic E-state index is 13.5. The molecule has 6 nitrogen and oxygen atoms in total. The van der Waals surface area contributed by atoms with Gasteiger partial charge >= 0.3 is 0 Å². The van der Waals surface area contributed by atoms with Gasteiger partial charge in [-0.25, -0.2) is 9.37 Å². The van der Waals surface area contributed by atoms with Gasteiger partial charge in [-0.1, -0.05) is 6.58 Å². The number of carbonyl (C=O) groups excluding carboxylic acids is 1. The van der Waals surface area contributed by atoms with Gasteiger partial charge in [0, 0.05) is 18.9 Å². The summed E-state index contributed by atoms with van der Waals surface area (Å²) in [5.41, 5.74) is 1.18. The van der Waals surface area contributed by atoms with E-state index in [1.807, 2.05) is 0 Å². The first kappa shape index (κ1) is 15.9. The van der Waals surface area contributed by atoms with E-state index in [4.69, 9.17) is 0 Å². The average Bonchev–Trinajstić information content (AvgIpc) is 2.91. The number of anilines is 1. The predicted molar refractivity (Wildman–Crippen MR) is 97.8 cm³/mol. The van der Waals surface area contributed by atoms with Crippen LogP contribution in [0.2, 0.25) is 0 Å². The molecule has 0 N–H and O–H groups in total. The number of halogens is 1. The first-order chi connectivity index (χ1) is 12.5. The molecule has 2 aromatic carbocycles. The number of aliphatic imine (C=N–C) groups is 1. The molecule has 4 rings (SSSR count). The summed E-state index contributed by atoms with van der Waals surface area (Å²) in [5, 5.41) is 0.361. The molecule has 3 aromatic rings. The van der Waals surface area contributed by atoms with Gasteiger partial charge in [-0.05, 0) is 36.4 Å². The normalized spacial score (nSPS) is 12.5. The van der Waals surface area contributed by atoms with Gasteiger partial charge in [-0.2, -0.15) is 0 Å². The lowest BCUT2D eigenvalue weighted by atomic mass is 10.1. The summed E-state index contributed by atoms with van der Waals surface area (Å²) in [5.74, 6) is -1.03. The molecular weight excluding hydrogens is 335 g/mol. The van der Waals surface area contributed by atoms with Crippen LogP contribution in [0.4, 0.5) is 10.1 Å². The molecule has 0 spiro atoms. The third-order valence-electron chi connectivity index (χ3n) is 4.23. The molecule has 7 heteroatoms. The Morgan fingerprint density at radius 3 is 2.77 bits per heavy atom. The van der Waals surface area contributed by atoms with E-state index in [1.165, 1.54) is 16.7 Å². The number of nitrogens with zero attached hydrogens (tertiary/aromatic N) is 4. The molecule has 128 valence electrons. The van der Waals surface area contributed by atoms with E-state index in [9.17, 15) is 14.0 Å². The molecule has 0 radical (unpaired) electrons. The molecule has 0 amide bonds. The number of aromatic nitrogens is 2. The van der Waals surface area contributed by atoms with E-state index in [-0.39, 0.29) is 16.9 Å². The topological polar surface area (TPSA) is 67.6 Å². The first-order valence-corrected chi connectivity index (χ1v) is 7.79. The Kier molecular flexibility index (Phi) is 3.50. The predicted octanol–water partition coefficient (Wildman–Crippen LogP) is 2.68. The van der Waals surface area contributed by atoms with Crippen LogP contribution >= 0.6 is 0 Å². The van der Waals surface area contributed by atoms with Crippen molar-refractivity contribution in [1.82, 2.24) is 9.55 Å². The highest BCUT2D eigenvalue weighted by molar-refractivity contribution is 6.13. The third-order valence-corrected chi connectivity index (χ3v) is 4.23. The van der Waals surface area contributed by atoms with Crippen molar-refractivity contribution in [2.75, 3.05) is 11.9 Å². The zero-order valence-corrected chi connectivity index (χ0v) is 13.8. The maximum Gasteiger partial charge on any atom is 0.266 e. The second kappa shape index (κ2) is 5.73. The van der Waals surface area contributed by atoms with Crippen LogP contribution < -0.4 is 10.5 Å². The zero-order chi connectivity index (χ0) is 18.4. The SMILES string of the molecule is C=CN(C=NC)c1ccc2c(=O)n3c(nc2c1)C(=O)c1cc(F)ccc1-3. The number of rotatable bonds is 3. The molecule has 26 heavy (non-hydrogen) atoms. The molecule has 0 aliphatic carbocycles. The van der Waals surface area contributed by atoms with Crippen LogP contribution in [0.1, 0.15) is 16.2 Å². The summed E-state index contributed by atoms with van der Waals surface area (Å²) in [6, 6.07) is 8.81. The van der Waals surface area contributed by atoms with Gasteiger partial charge in [0.05, 0.1) is 28.5 Å². The van der Waals surface area contributed by atoms with Crippen molar-refractivity contribution in [3.63, 3.8) is 0 Å². The molecule has 0 atom stereocenters. The Balaban J connectivity index is 1.98. The van der Waals surface area contributed by atoms with E-state index >= 15 is 0 Å². The van der Waals surface area contributed by atoms with Crippen LogP contribution in [0.5, 0.6) is 0 Å². The van der Waals surface area contributed by atoms with E-state index in [2.05, 4.69) is 16.6 Å². The standard InChI is InChI=1S/C19H13FN4O2/c1-3-23(10-21-2)12-5-6-13-15(9-12)22-18-17(25)14-8-11(20)4-7-16(14)24(18)19(13)26/h3-10H,1H2,2H3. The summed E-state index contributed by atoms with van der Waals surface area (Å²) in [7, 11) is 1.63. The Labute approximate surface area is 147 Å². The van der Waals surface area contributed by atoms with Crippen molar-refractivity contribution < 1.29 is 9.18 Å².